The van der Waals surface area contributed by atoms with Crippen LogP contribution >= 0.6 is 11.6 Å². The normalized spacial score (nSPS) is 17.9. The first-order chi connectivity index (χ1) is 14.4. The van der Waals surface area contributed by atoms with Gasteiger partial charge in [-0.15, -0.1) is 0 Å². The minimum Gasteiger partial charge on any atom is -0.312 e. The number of nitriles is 1. The third-order valence-corrected chi connectivity index (χ3v) is 8.00. The molecule has 0 unspecified atom stereocenters. The molecule has 156 valence electrons. The lowest BCUT2D eigenvalue weighted by Crippen LogP contribution is -2.45. The molecule has 6 nitrogen and oxygen atoms in total. The van der Waals surface area contributed by atoms with E-state index in [0.29, 0.717) is 43.1 Å². The Balaban J connectivity index is 1.45. The zero-order valence-electron chi connectivity index (χ0n) is 16.4. The summed E-state index contributed by atoms with van der Waals surface area (Å²) in [6.07, 6.45) is 2.79. The molecule has 2 aromatic rings. The van der Waals surface area contributed by atoms with Gasteiger partial charge in [-0.05, 0) is 73.7 Å². The highest BCUT2D eigenvalue weighted by Crippen LogP contribution is 2.33. The summed E-state index contributed by atoms with van der Waals surface area (Å²) in [5.41, 5.74) is 2.42. The van der Waals surface area contributed by atoms with Crippen LogP contribution in [-0.2, 0) is 21.2 Å². The van der Waals surface area contributed by atoms with Crippen LogP contribution in [0.1, 0.15) is 30.4 Å². The molecule has 0 radical (unpaired) electrons. The molecule has 0 aromatic heterocycles. The van der Waals surface area contributed by atoms with E-state index in [9.17, 15) is 13.2 Å². The molecule has 1 saturated heterocycles. The lowest BCUT2D eigenvalue weighted by atomic mass is 9.94. The molecule has 1 amide bonds. The van der Waals surface area contributed by atoms with E-state index in [1.165, 1.54) is 28.6 Å². The van der Waals surface area contributed by atoms with Crippen molar-refractivity contribution in [3.05, 3.63) is 58.6 Å². The minimum atomic E-state index is -3.63. The number of nitrogens with zero attached hydrogens (tertiary/aromatic N) is 3. The number of benzene rings is 2. The van der Waals surface area contributed by atoms with E-state index in [0.717, 1.165) is 24.1 Å². The summed E-state index contributed by atoms with van der Waals surface area (Å²) in [6, 6.07) is 13.5. The van der Waals surface area contributed by atoms with Gasteiger partial charge < -0.3 is 4.90 Å². The molecule has 0 atom stereocenters. The van der Waals surface area contributed by atoms with E-state index in [-0.39, 0.29) is 16.7 Å². The van der Waals surface area contributed by atoms with Gasteiger partial charge in [-0.2, -0.15) is 9.57 Å². The van der Waals surface area contributed by atoms with Gasteiger partial charge >= 0.3 is 0 Å². The fourth-order valence-corrected chi connectivity index (χ4v) is 5.87. The van der Waals surface area contributed by atoms with Gasteiger partial charge in [0.2, 0.25) is 15.9 Å². The van der Waals surface area contributed by atoms with Crippen molar-refractivity contribution in [3.8, 4) is 6.07 Å². The second kappa shape index (κ2) is 8.38. The lowest BCUT2D eigenvalue weighted by Gasteiger charge is -2.36. The second-order valence-corrected chi connectivity index (χ2v) is 10.1. The van der Waals surface area contributed by atoms with E-state index >= 15 is 0 Å². The second-order valence-electron chi connectivity index (χ2n) is 7.68. The Kier molecular flexibility index (Phi) is 5.83. The first kappa shape index (κ1) is 20.9. The molecule has 8 heteroatoms. The number of rotatable bonds is 3. The Hall–Kier alpha value is -2.40. The Labute approximate surface area is 181 Å². The molecule has 2 aromatic carbocycles. The highest BCUT2D eigenvalue weighted by Gasteiger charge is 2.35. The molecule has 0 spiro atoms. The predicted molar refractivity (Wildman–Crippen MR) is 115 cm³/mol. The third kappa shape index (κ3) is 3.95. The third-order valence-electron chi connectivity index (χ3n) is 5.85. The highest BCUT2D eigenvalue weighted by atomic mass is 35.5. The molecule has 4 rings (SSSR count). The van der Waals surface area contributed by atoms with Crippen molar-refractivity contribution in [1.29, 1.82) is 5.26 Å². The molecule has 1 fully saturated rings. The molecule has 0 bridgehead atoms. The van der Waals surface area contributed by atoms with E-state index in [1.807, 2.05) is 23.1 Å². The van der Waals surface area contributed by atoms with Crippen LogP contribution in [0.3, 0.4) is 0 Å². The van der Waals surface area contributed by atoms with E-state index in [1.54, 1.807) is 6.07 Å². The molecule has 2 aliphatic heterocycles. The molecule has 0 saturated carbocycles. The summed E-state index contributed by atoms with van der Waals surface area (Å²) < 4.78 is 27.2. The number of hydrogen-bond donors (Lipinski definition) is 0. The number of amides is 1. The van der Waals surface area contributed by atoms with Crippen molar-refractivity contribution in [1.82, 2.24) is 4.31 Å². The van der Waals surface area contributed by atoms with Crippen LogP contribution in [0.5, 0.6) is 0 Å². The number of fused-ring (bicyclic) bond motifs is 1. The van der Waals surface area contributed by atoms with Crippen LogP contribution < -0.4 is 4.90 Å². The first-order valence-corrected chi connectivity index (χ1v) is 11.8. The number of anilines is 1. The van der Waals surface area contributed by atoms with Gasteiger partial charge in [0.25, 0.3) is 0 Å². The Morgan fingerprint density at radius 3 is 2.43 bits per heavy atom. The number of carbonyl (C=O) groups is 1. The SMILES string of the molecule is N#Cc1ccc(S(=O)(=O)N2CCC(C(=O)N3CCCc4cc(Cl)ccc43)CC2)cc1. The average molecular weight is 444 g/mol. The number of hydrogen-bond acceptors (Lipinski definition) is 4. The first-order valence-electron chi connectivity index (χ1n) is 10.0. The number of piperidine rings is 1. The number of aryl methyl sites for hydroxylation is 1. The lowest BCUT2D eigenvalue weighted by molar-refractivity contribution is -0.123. The number of carbonyl (C=O) groups excluding carboxylic acids is 1. The molecule has 2 heterocycles. The molecule has 0 N–H and O–H groups in total. The van der Waals surface area contributed by atoms with Crippen LogP contribution in [0.4, 0.5) is 5.69 Å². The maximum atomic E-state index is 13.2. The summed E-state index contributed by atoms with van der Waals surface area (Å²) in [4.78, 5) is 15.2. The van der Waals surface area contributed by atoms with Gasteiger partial charge in [0.15, 0.2) is 0 Å². The van der Waals surface area contributed by atoms with Crippen molar-refractivity contribution in [2.75, 3.05) is 24.5 Å². The Bertz CT molecular complexity index is 1100. The Morgan fingerprint density at radius 1 is 1.07 bits per heavy atom. The Morgan fingerprint density at radius 2 is 1.77 bits per heavy atom. The summed E-state index contributed by atoms with van der Waals surface area (Å²) in [7, 11) is -3.63. The number of halogens is 1. The molecular formula is C22H22ClN3O3S. The standard InChI is InChI=1S/C22H22ClN3O3S/c23-19-5-8-21-18(14-19)2-1-11-26(21)22(27)17-9-12-25(13-10-17)30(28,29)20-6-3-16(15-24)4-7-20/h3-8,14,17H,1-2,9-13H2. The average Bonchev–Trinajstić information content (AvgIpc) is 2.78. The monoisotopic (exact) mass is 443 g/mol. The summed E-state index contributed by atoms with van der Waals surface area (Å²) in [5, 5.41) is 9.56. The van der Waals surface area contributed by atoms with Crippen LogP contribution in [0.2, 0.25) is 5.02 Å². The molecule has 0 aliphatic carbocycles. The van der Waals surface area contributed by atoms with Crippen LogP contribution in [0.15, 0.2) is 47.4 Å². The van der Waals surface area contributed by atoms with E-state index in [4.69, 9.17) is 16.9 Å². The summed E-state index contributed by atoms with van der Waals surface area (Å²) in [5.74, 6) is -0.132. The van der Waals surface area contributed by atoms with Gasteiger partial charge in [-0.1, -0.05) is 11.6 Å². The fraction of sp³-hybridized carbons (Fsp3) is 0.364. The zero-order chi connectivity index (χ0) is 21.3. The summed E-state index contributed by atoms with van der Waals surface area (Å²) >= 11 is 6.10. The molecule has 30 heavy (non-hydrogen) atoms. The van der Waals surface area contributed by atoms with Gasteiger partial charge in [0.1, 0.15) is 0 Å². The van der Waals surface area contributed by atoms with Gasteiger partial charge in [-0.3, -0.25) is 4.79 Å². The minimum absolute atomic E-state index is 0.0636. The van der Waals surface area contributed by atoms with Crippen molar-refractivity contribution in [2.24, 2.45) is 5.92 Å². The zero-order valence-corrected chi connectivity index (χ0v) is 18.0. The quantitative estimate of drug-likeness (QED) is 0.725. The van der Waals surface area contributed by atoms with Crippen molar-refractivity contribution in [3.63, 3.8) is 0 Å². The summed E-state index contributed by atoms with van der Waals surface area (Å²) in [6.45, 7) is 1.29. The largest absolute Gasteiger partial charge is 0.312 e. The van der Waals surface area contributed by atoms with Crippen molar-refractivity contribution < 1.29 is 13.2 Å². The van der Waals surface area contributed by atoms with E-state index in [2.05, 4.69) is 0 Å². The molecular weight excluding hydrogens is 422 g/mol. The van der Waals surface area contributed by atoms with Gasteiger partial charge in [0, 0.05) is 36.3 Å². The van der Waals surface area contributed by atoms with Crippen LogP contribution in [0.25, 0.3) is 0 Å². The maximum Gasteiger partial charge on any atom is 0.243 e. The van der Waals surface area contributed by atoms with Crippen LogP contribution in [-0.4, -0.2) is 38.3 Å². The van der Waals surface area contributed by atoms with Crippen molar-refractivity contribution in [2.45, 2.75) is 30.6 Å². The van der Waals surface area contributed by atoms with Crippen LogP contribution in [0, 0.1) is 17.2 Å². The predicted octanol–water partition coefficient (Wildman–Crippen LogP) is 3.59. The topological polar surface area (TPSA) is 81.5 Å². The maximum absolute atomic E-state index is 13.2. The van der Waals surface area contributed by atoms with Gasteiger partial charge in [-0.25, -0.2) is 8.42 Å². The smallest absolute Gasteiger partial charge is 0.243 e. The highest BCUT2D eigenvalue weighted by molar-refractivity contribution is 7.89. The van der Waals surface area contributed by atoms with Gasteiger partial charge in [0.05, 0.1) is 16.5 Å². The van der Waals surface area contributed by atoms with Crippen molar-refractivity contribution >= 4 is 33.2 Å². The fourth-order valence-electron chi connectivity index (χ4n) is 4.21. The number of sulfonamides is 1. The van der Waals surface area contributed by atoms with E-state index < -0.39 is 10.0 Å². The molecule has 2 aliphatic rings.